The summed E-state index contributed by atoms with van der Waals surface area (Å²) in [5.41, 5.74) is 5.13. The van der Waals surface area contributed by atoms with Gasteiger partial charge in [-0.05, 0) is 26.2 Å². The lowest BCUT2D eigenvalue weighted by Crippen LogP contribution is -2.31. The number of anilines is 3. The molecule has 0 aliphatic carbocycles. The quantitative estimate of drug-likeness (QED) is 0.674. The minimum Gasteiger partial charge on any atom is -0.370 e. The number of piperidine rings is 1. The third kappa shape index (κ3) is 4.73. The van der Waals surface area contributed by atoms with Gasteiger partial charge in [0.1, 0.15) is 0 Å². The van der Waals surface area contributed by atoms with Crippen LogP contribution in [0.2, 0.25) is 0 Å². The Hall–Kier alpha value is -2.12. The zero-order valence-corrected chi connectivity index (χ0v) is 12.4. The van der Waals surface area contributed by atoms with Crippen molar-refractivity contribution in [2.24, 2.45) is 5.73 Å². The van der Waals surface area contributed by atoms with Crippen molar-refractivity contribution < 1.29 is 4.79 Å². The molecule has 8 nitrogen and oxygen atoms in total. The van der Waals surface area contributed by atoms with E-state index in [9.17, 15) is 4.79 Å². The maximum atomic E-state index is 10.8. The lowest BCUT2D eigenvalue weighted by Gasteiger charge is -2.27. The molecule has 0 spiro atoms. The molecule has 0 bridgehead atoms. The fraction of sp³-hybridized carbons (Fsp3) is 0.692. The van der Waals surface area contributed by atoms with E-state index in [1.165, 1.54) is 6.42 Å². The van der Waals surface area contributed by atoms with E-state index in [4.69, 9.17) is 5.73 Å². The average Bonchev–Trinajstić information content (AvgIpc) is 2.48. The Morgan fingerprint density at radius 2 is 1.81 bits per heavy atom. The molecule has 8 heteroatoms. The molecule has 0 unspecified atom stereocenters. The SMILES string of the molecule is CCNc1nc(NCCC(N)=O)nc(N2CCCCC2)n1. The van der Waals surface area contributed by atoms with Crippen LogP contribution in [0.15, 0.2) is 0 Å². The molecule has 2 rings (SSSR count). The molecule has 0 atom stereocenters. The molecule has 1 fully saturated rings. The Morgan fingerprint density at radius 1 is 1.14 bits per heavy atom. The molecule has 1 amide bonds. The molecule has 1 saturated heterocycles. The number of amides is 1. The van der Waals surface area contributed by atoms with Gasteiger partial charge in [-0.15, -0.1) is 0 Å². The molecule has 0 saturated carbocycles. The van der Waals surface area contributed by atoms with E-state index in [1.807, 2.05) is 6.92 Å². The highest BCUT2D eigenvalue weighted by Crippen LogP contribution is 2.18. The van der Waals surface area contributed by atoms with Gasteiger partial charge in [-0.25, -0.2) is 0 Å². The highest BCUT2D eigenvalue weighted by molar-refractivity contribution is 5.74. The van der Waals surface area contributed by atoms with Crippen molar-refractivity contribution >= 4 is 23.8 Å². The van der Waals surface area contributed by atoms with Gasteiger partial charge in [0.05, 0.1) is 0 Å². The topological polar surface area (TPSA) is 109 Å². The second-order valence-corrected chi connectivity index (χ2v) is 5.00. The van der Waals surface area contributed by atoms with Crippen molar-refractivity contribution in [1.82, 2.24) is 15.0 Å². The number of aromatic nitrogens is 3. The summed E-state index contributed by atoms with van der Waals surface area (Å²) in [5.74, 6) is 1.36. The van der Waals surface area contributed by atoms with Gasteiger partial charge >= 0.3 is 0 Å². The van der Waals surface area contributed by atoms with Crippen LogP contribution in [0.5, 0.6) is 0 Å². The van der Waals surface area contributed by atoms with Gasteiger partial charge in [-0.2, -0.15) is 15.0 Å². The Morgan fingerprint density at radius 3 is 2.43 bits per heavy atom. The summed E-state index contributed by atoms with van der Waals surface area (Å²) in [6.07, 6.45) is 3.83. The normalized spacial score (nSPS) is 14.8. The summed E-state index contributed by atoms with van der Waals surface area (Å²) >= 11 is 0. The third-order valence-corrected chi connectivity index (χ3v) is 3.25. The van der Waals surface area contributed by atoms with Crippen molar-refractivity contribution in [1.29, 1.82) is 0 Å². The number of rotatable bonds is 7. The number of nitrogens with two attached hydrogens (primary N) is 1. The van der Waals surface area contributed by atoms with Crippen LogP contribution in [0.4, 0.5) is 17.8 Å². The summed E-state index contributed by atoms with van der Waals surface area (Å²) in [5, 5.41) is 6.13. The maximum Gasteiger partial charge on any atom is 0.231 e. The Kier molecular flexibility index (Phi) is 5.53. The molecular weight excluding hydrogens is 270 g/mol. The Labute approximate surface area is 124 Å². The van der Waals surface area contributed by atoms with Gasteiger partial charge in [0.15, 0.2) is 0 Å². The van der Waals surface area contributed by atoms with Crippen LogP contribution < -0.4 is 21.3 Å². The fourth-order valence-electron chi connectivity index (χ4n) is 2.21. The van der Waals surface area contributed by atoms with E-state index >= 15 is 0 Å². The predicted octanol–water partition coefficient (Wildman–Crippen LogP) is 0.581. The Bertz CT molecular complexity index is 474. The number of hydrogen-bond donors (Lipinski definition) is 3. The lowest BCUT2D eigenvalue weighted by atomic mass is 10.1. The van der Waals surface area contributed by atoms with Crippen molar-refractivity contribution in [3.63, 3.8) is 0 Å². The first-order chi connectivity index (χ1) is 10.2. The van der Waals surface area contributed by atoms with Gasteiger partial charge in [0.25, 0.3) is 0 Å². The van der Waals surface area contributed by atoms with E-state index in [0.29, 0.717) is 24.4 Å². The number of primary amides is 1. The van der Waals surface area contributed by atoms with E-state index in [0.717, 1.165) is 32.5 Å². The minimum atomic E-state index is -0.347. The molecule has 1 aromatic heterocycles. The first-order valence-electron chi connectivity index (χ1n) is 7.46. The largest absolute Gasteiger partial charge is 0.370 e. The number of nitrogens with one attached hydrogen (secondary N) is 2. The molecule has 116 valence electrons. The molecule has 21 heavy (non-hydrogen) atoms. The molecule has 1 aromatic rings. The molecule has 0 aromatic carbocycles. The van der Waals surface area contributed by atoms with Crippen molar-refractivity contribution in [2.75, 3.05) is 41.7 Å². The van der Waals surface area contributed by atoms with E-state index < -0.39 is 0 Å². The lowest BCUT2D eigenvalue weighted by molar-refractivity contribution is -0.117. The van der Waals surface area contributed by atoms with Crippen molar-refractivity contribution in [3.05, 3.63) is 0 Å². The standard InChI is InChI=1S/C13H23N7O/c1-2-15-11-17-12(16-7-6-10(14)21)19-13(18-11)20-8-4-3-5-9-20/h2-9H2,1H3,(H2,14,21)(H2,15,16,17,18,19). The first kappa shape index (κ1) is 15.3. The first-order valence-corrected chi connectivity index (χ1v) is 7.46. The van der Waals surface area contributed by atoms with E-state index in [1.54, 1.807) is 0 Å². The average molecular weight is 293 g/mol. The number of carbonyl (C=O) groups excluding carboxylic acids is 1. The van der Waals surface area contributed by atoms with Crippen LogP contribution in [-0.2, 0) is 4.79 Å². The summed E-state index contributed by atoms with van der Waals surface area (Å²) in [6.45, 7) is 5.09. The monoisotopic (exact) mass is 293 g/mol. The summed E-state index contributed by atoms with van der Waals surface area (Å²) in [6, 6.07) is 0. The van der Waals surface area contributed by atoms with Crippen molar-refractivity contribution in [2.45, 2.75) is 32.6 Å². The number of hydrogen-bond acceptors (Lipinski definition) is 7. The summed E-state index contributed by atoms with van der Waals surface area (Å²) < 4.78 is 0. The molecule has 1 aliphatic heterocycles. The Balaban J connectivity index is 2.10. The van der Waals surface area contributed by atoms with E-state index in [2.05, 4.69) is 30.5 Å². The van der Waals surface area contributed by atoms with Crippen LogP contribution in [0.25, 0.3) is 0 Å². The van der Waals surface area contributed by atoms with Crippen molar-refractivity contribution in [3.8, 4) is 0 Å². The van der Waals surface area contributed by atoms with Crippen LogP contribution in [-0.4, -0.2) is 47.0 Å². The zero-order valence-electron chi connectivity index (χ0n) is 12.4. The predicted molar refractivity (Wildman–Crippen MR) is 82.4 cm³/mol. The highest BCUT2D eigenvalue weighted by atomic mass is 16.1. The van der Waals surface area contributed by atoms with Crippen LogP contribution in [0.3, 0.4) is 0 Å². The van der Waals surface area contributed by atoms with Crippen LogP contribution in [0, 0.1) is 0 Å². The van der Waals surface area contributed by atoms with Gasteiger partial charge in [0.2, 0.25) is 23.8 Å². The molecule has 2 heterocycles. The smallest absolute Gasteiger partial charge is 0.231 e. The molecule has 0 radical (unpaired) electrons. The van der Waals surface area contributed by atoms with Crippen LogP contribution in [0.1, 0.15) is 32.6 Å². The van der Waals surface area contributed by atoms with Gasteiger partial charge < -0.3 is 21.3 Å². The summed E-state index contributed by atoms with van der Waals surface area (Å²) in [7, 11) is 0. The number of carbonyl (C=O) groups is 1. The second-order valence-electron chi connectivity index (χ2n) is 5.00. The number of nitrogens with zero attached hydrogens (tertiary/aromatic N) is 4. The molecule has 4 N–H and O–H groups in total. The van der Waals surface area contributed by atoms with E-state index in [-0.39, 0.29) is 12.3 Å². The summed E-state index contributed by atoms with van der Waals surface area (Å²) in [4.78, 5) is 26.1. The third-order valence-electron chi connectivity index (χ3n) is 3.25. The van der Waals surface area contributed by atoms with Gasteiger partial charge in [0, 0.05) is 32.6 Å². The minimum absolute atomic E-state index is 0.251. The second kappa shape index (κ2) is 7.61. The zero-order chi connectivity index (χ0) is 15.1. The molecular formula is C13H23N7O. The van der Waals surface area contributed by atoms with Gasteiger partial charge in [-0.1, -0.05) is 0 Å². The van der Waals surface area contributed by atoms with Crippen LogP contribution >= 0.6 is 0 Å². The highest BCUT2D eigenvalue weighted by Gasteiger charge is 2.16. The fourth-order valence-corrected chi connectivity index (χ4v) is 2.21. The van der Waals surface area contributed by atoms with Gasteiger partial charge in [-0.3, -0.25) is 4.79 Å². The molecule has 1 aliphatic rings. The maximum absolute atomic E-state index is 10.8.